The van der Waals surface area contributed by atoms with Crippen molar-refractivity contribution in [2.45, 2.75) is 37.7 Å². The number of quaternary nitrogens is 1. The largest absolute Gasteiger partial charge is 0.461 e. The maximum Gasteiger partial charge on any atom is 0.318 e. The summed E-state index contributed by atoms with van der Waals surface area (Å²) in [6.45, 7) is 2.13. The smallest absolute Gasteiger partial charge is 0.318 e. The number of carbonyl (C=O) groups excluding carboxylic acids is 1. The highest BCUT2D eigenvalue weighted by atomic mass is 16.5. The molecular weight excluding hydrogens is 322 g/mol. The summed E-state index contributed by atoms with van der Waals surface area (Å²) in [4.78, 5) is 13.3. The number of hydrogen-bond donors (Lipinski definition) is 0. The Hall–Kier alpha value is -2.13. The maximum absolute atomic E-state index is 13.3. The molecule has 0 atom stereocenters. The zero-order valence-electron chi connectivity index (χ0n) is 15.8. The van der Waals surface area contributed by atoms with Crippen LogP contribution in [-0.2, 0) is 22.4 Å². The van der Waals surface area contributed by atoms with E-state index in [4.69, 9.17) is 4.74 Å². The molecular formula is C23H28NO2+. The van der Waals surface area contributed by atoms with E-state index in [2.05, 4.69) is 50.5 Å². The maximum atomic E-state index is 13.3. The number of esters is 1. The van der Waals surface area contributed by atoms with Crippen molar-refractivity contribution in [1.29, 1.82) is 0 Å². The monoisotopic (exact) mass is 350 g/mol. The van der Waals surface area contributed by atoms with E-state index in [9.17, 15) is 4.79 Å². The molecule has 4 rings (SSSR count). The summed E-state index contributed by atoms with van der Waals surface area (Å²) in [7, 11) is 4.49. The highest BCUT2D eigenvalue weighted by molar-refractivity contribution is 5.83. The number of likely N-dealkylation sites (tertiary alicyclic amines) is 1. The van der Waals surface area contributed by atoms with Crippen molar-refractivity contribution in [3.8, 4) is 0 Å². The molecule has 3 heteroatoms. The van der Waals surface area contributed by atoms with Crippen LogP contribution in [-0.4, -0.2) is 43.7 Å². The SMILES string of the molecule is C[N+]1(C)CCC(OC(=O)C2c3ccccc3CCc3ccccc32)CC1. The van der Waals surface area contributed by atoms with Crippen LogP contribution >= 0.6 is 0 Å². The van der Waals surface area contributed by atoms with Gasteiger partial charge in [-0.2, -0.15) is 0 Å². The van der Waals surface area contributed by atoms with Crippen molar-refractivity contribution < 1.29 is 14.0 Å². The van der Waals surface area contributed by atoms with Gasteiger partial charge in [-0.3, -0.25) is 4.79 Å². The summed E-state index contributed by atoms with van der Waals surface area (Å²) < 4.78 is 7.06. The van der Waals surface area contributed by atoms with E-state index in [0.29, 0.717) is 0 Å². The Labute approximate surface area is 156 Å². The lowest BCUT2D eigenvalue weighted by Crippen LogP contribution is -2.48. The summed E-state index contributed by atoms with van der Waals surface area (Å²) in [6.07, 6.45) is 3.91. The highest BCUT2D eigenvalue weighted by Crippen LogP contribution is 2.35. The Bertz CT molecular complexity index is 754. The molecule has 1 aliphatic carbocycles. The molecule has 2 aromatic rings. The van der Waals surface area contributed by atoms with Crippen molar-refractivity contribution in [2.75, 3.05) is 27.2 Å². The molecule has 1 heterocycles. The predicted molar refractivity (Wildman–Crippen MR) is 103 cm³/mol. The molecule has 0 amide bonds. The first kappa shape index (κ1) is 17.3. The van der Waals surface area contributed by atoms with Crippen LogP contribution in [0.15, 0.2) is 48.5 Å². The summed E-state index contributed by atoms with van der Waals surface area (Å²) in [5, 5.41) is 0. The number of carbonyl (C=O) groups is 1. The predicted octanol–water partition coefficient (Wildman–Crippen LogP) is 3.70. The van der Waals surface area contributed by atoms with E-state index < -0.39 is 0 Å². The molecule has 0 spiro atoms. The van der Waals surface area contributed by atoms with Gasteiger partial charge in [-0.05, 0) is 35.1 Å². The number of aryl methyl sites for hydroxylation is 2. The zero-order chi connectivity index (χ0) is 18.1. The van der Waals surface area contributed by atoms with Crippen LogP contribution in [0.4, 0.5) is 0 Å². The second-order valence-electron chi connectivity index (χ2n) is 8.35. The van der Waals surface area contributed by atoms with Crippen LogP contribution in [0.1, 0.15) is 41.0 Å². The molecule has 1 aliphatic heterocycles. The van der Waals surface area contributed by atoms with Crippen LogP contribution in [0.3, 0.4) is 0 Å². The molecule has 136 valence electrons. The molecule has 0 unspecified atom stereocenters. The van der Waals surface area contributed by atoms with E-state index in [1.54, 1.807) is 0 Å². The number of piperidine rings is 1. The van der Waals surface area contributed by atoms with Crippen LogP contribution in [0.2, 0.25) is 0 Å². The van der Waals surface area contributed by atoms with Gasteiger partial charge in [0.25, 0.3) is 0 Å². The lowest BCUT2D eigenvalue weighted by atomic mass is 9.88. The highest BCUT2D eigenvalue weighted by Gasteiger charge is 2.34. The Kier molecular flexibility index (Phi) is 4.58. The Morgan fingerprint density at radius 2 is 1.38 bits per heavy atom. The first-order valence-corrected chi connectivity index (χ1v) is 9.72. The van der Waals surface area contributed by atoms with Crippen molar-refractivity contribution in [2.24, 2.45) is 0 Å². The van der Waals surface area contributed by atoms with Crippen LogP contribution in [0.5, 0.6) is 0 Å². The molecule has 2 aliphatic rings. The van der Waals surface area contributed by atoms with Gasteiger partial charge in [0.2, 0.25) is 0 Å². The van der Waals surface area contributed by atoms with Crippen molar-refractivity contribution in [1.82, 2.24) is 0 Å². The number of fused-ring (bicyclic) bond motifs is 2. The van der Waals surface area contributed by atoms with E-state index in [-0.39, 0.29) is 18.0 Å². The fourth-order valence-corrected chi connectivity index (χ4v) is 4.37. The normalized spacial score (nSPS) is 19.9. The number of hydrogen-bond acceptors (Lipinski definition) is 2. The minimum Gasteiger partial charge on any atom is -0.461 e. The van der Waals surface area contributed by atoms with Gasteiger partial charge in [-0.25, -0.2) is 0 Å². The van der Waals surface area contributed by atoms with Crippen molar-refractivity contribution >= 4 is 5.97 Å². The molecule has 1 saturated heterocycles. The van der Waals surface area contributed by atoms with E-state index in [0.717, 1.165) is 54.4 Å². The Balaban J connectivity index is 1.63. The second-order valence-corrected chi connectivity index (χ2v) is 8.35. The average molecular weight is 350 g/mol. The fourth-order valence-electron chi connectivity index (χ4n) is 4.37. The first-order chi connectivity index (χ1) is 12.5. The third-order valence-electron chi connectivity index (χ3n) is 6.03. The standard InChI is InChI=1S/C23H28NO2/c1-24(2)15-13-19(14-16-24)26-23(25)22-20-9-5-3-7-17(20)11-12-18-8-4-6-10-21(18)22/h3-10,19,22H,11-16H2,1-2H3/q+1. The number of ether oxygens (including phenoxy) is 1. The average Bonchev–Trinajstić information content (AvgIpc) is 2.80. The molecule has 26 heavy (non-hydrogen) atoms. The van der Waals surface area contributed by atoms with Gasteiger partial charge >= 0.3 is 5.97 Å². The molecule has 0 bridgehead atoms. The van der Waals surface area contributed by atoms with Gasteiger partial charge in [-0.15, -0.1) is 0 Å². The summed E-state index contributed by atoms with van der Waals surface area (Å²) in [6, 6.07) is 16.7. The fraction of sp³-hybridized carbons (Fsp3) is 0.435. The third-order valence-corrected chi connectivity index (χ3v) is 6.03. The van der Waals surface area contributed by atoms with E-state index in [1.165, 1.54) is 11.1 Å². The zero-order valence-corrected chi connectivity index (χ0v) is 15.8. The van der Waals surface area contributed by atoms with E-state index >= 15 is 0 Å². The van der Waals surface area contributed by atoms with Gasteiger partial charge in [0.05, 0.1) is 27.2 Å². The number of nitrogens with zero attached hydrogens (tertiary/aromatic N) is 1. The molecule has 2 aromatic carbocycles. The molecule has 0 N–H and O–H groups in total. The van der Waals surface area contributed by atoms with Crippen LogP contribution < -0.4 is 0 Å². The number of rotatable bonds is 2. The van der Waals surface area contributed by atoms with E-state index in [1.807, 2.05) is 12.1 Å². The minimum atomic E-state index is -0.297. The molecule has 0 saturated carbocycles. The Morgan fingerprint density at radius 3 is 1.92 bits per heavy atom. The summed E-state index contributed by atoms with van der Waals surface area (Å²) in [5.74, 6) is -0.377. The summed E-state index contributed by atoms with van der Waals surface area (Å²) in [5.41, 5.74) is 4.78. The summed E-state index contributed by atoms with van der Waals surface area (Å²) >= 11 is 0. The van der Waals surface area contributed by atoms with Gasteiger partial charge in [0, 0.05) is 12.8 Å². The van der Waals surface area contributed by atoms with Crippen LogP contribution in [0, 0.1) is 0 Å². The number of benzene rings is 2. The van der Waals surface area contributed by atoms with Gasteiger partial charge in [0.15, 0.2) is 0 Å². The van der Waals surface area contributed by atoms with Crippen molar-refractivity contribution in [3.05, 3.63) is 70.8 Å². The van der Waals surface area contributed by atoms with Gasteiger partial charge in [-0.1, -0.05) is 48.5 Å². The Morgan fingerprint density at radius 1 is 0.885 bits per heavy atom. The third kappa shape index (κ3) is 3.41. The quantitative estimate of drug-likeness (QED) is 0.610. The minimum absolute atomic E-state index is 0.0521. The van der Waals surface area contributed by atoms with Gasteiger partial charge < -0.3 is 9.22 Å². The lowest BCUT2D eigenvalue weighted by Gasteiger charge is -2.37. The first-order valence-electron chi connectivity index (χ1n) is 9.72. The molecule has 3 nitrogen and oxygen atoms in total. The lowest BCUT2D eigenvalue weighted by molar-refractivity contribution is -0.896. The second kappa shape index (κ2) is 6.88. The topological polar surface area (TPSA) is 26.3 Å². The molecule has 1 fully saturated rings. The molecule has 0 aromatic heterocycles. The van der Waals surface area contributed by atoms with Crippen molar-refractivity contribution in [3.63, 3.8) is 0 Å². The van der Waals surface area contributed by atoms with Gasteiger partial charge in [0.1, 0.15) is 12.0 Å². The molecule has 0 radical (unpaired) electrons. The van der Waals surface area contributed by atoms with Crippen LogP contribution in [0.25, 0.3) is 0 Å².